The maximum Gasteiger partial charge on any atom is 0.330 e. The van der Waals surface area contributed by atoms with E-state index in [0.717, 1.165) is 37.2 Å². The van der Waals surface area contributed by atoms with E-state index in [0.29, 0.717) is 58.9 Å². The lowest BCUT2D eigenvalue weighted by atomic mass is 9.75. The summed E-state index contributed by atoms with van der Waals surface area (Å²) in [5.74, 6) is 4.25. The normalized spacial score (nSPS) is 25.5. The van der Waals surface area contributed by atoms with Crippen LogP contribution in [0.2, 0.25) is 5.02 Å². The molecule has 39 heavy (non-hydrogen) atoms. The lowest BCUT2D eigenvalue weighted by Gasteiger charge is -2.38. The van der Waals surface area contributed by atoms with Gasteiger partial charge in [0, 0.05) is 42.5 Å². The van der Waals surface area contributed by atoms with Crippen molar-refractivity contribution in [2.75, 3.05) is 35.9 Å². The van der Waals surface area contributed by atoms with Crippen LogP contribution in [0.25, 0.3) is 0 Å². The van der Waals surface area contributed by atoms with Gasteiger partial charge in [-0.05, 0) is 49.9 Å². The minimum absolute atomic E-state index is 0.0761. The molecule has 1 aromatic carbocycles. The molecular formula is C29H39ClN6O3. The first kappa shape index (κ1) is 26.4. The van der Waals surface area contributed by atoms with Crippen molar-refractivity contribution in [2.24, 2.45) is 23.5 Å². The number of ether oxygens (including phenoxy) is 2. The van der Waals surface area contributed by atoms with E-state index in [1.807, 2.05) is 6.20 Å². The van der Waals surface area contributed by atoms with Gasteiger partial charge >= 0.3 is 6.03 Å². The molecule has 6 rings (SSSR count). The second-order valence-electron chi connectivity index (χ2n) is 11.7. The van der Waals surface area contributed by atoms with Gasteiger partial charge in [-0.25, -0.2) is 9.78 Å². The Morgan fingerprint density at radius 2 is 1.87 bits per heavy atom. The van der Waals surface area contributed by atoms with Crippen molar-refractivity contribution in [1.82, 2.24) is 9.97 Å². The van der Waals surface area contributed by atoms with Crippen LogP contribution in [-0.4, -0.2) is 48.8 Å². The first-order valence-electron chi connectivity index (χ1n) is 14.3. The SMILES string of the molecule is COc1cc(OC)c(Cl)c(N2Cc3cnc(NC4CC(C5CCCC5)CCC4N)nc3N(CC3CC3)C2=O)c1. The highest BCUT2D eigenvalue weighted by atomic mass is 35.5. The number of halogens is 1. The zero-order valence-corrected chi connectivity index (χ0v) is 23.6. The minimum Gasteiger partial charge on any atom is -0.497 e. The zero-order chi connectivity index (χ0) is 27.1. The van der Waals surface area contributed by atoms with Gasteiger partial charge < -0.3 is 20.5 Å². The summed E-state index contributed by atoms with van der Waals surface area (Å²) < 4.78 is 10.9. The Morgan fingerprint density at radius 3 is 2.59 bits per heavy atom. The summed E-state index contributed by atoms with van der Waals surface area (Å²) in [6.45, 7) is 0.919. The van der Waals surface area contributed by atoms with E-state index >= 15 is 0 Å². The summed E-state index contributed by atoms with van der Waals surface area (Å²) in [6, 6.07) is 3.53. The molecule has 3 fully saturated rings. The van der Waals surface area contributed by atoms with Gasteiger partial charge in [0.2, 0.25) is 5.95 Å². The Labute approximate surface area is 235 Å². The highest BCUT2D eigenvalue weighted by Gasteiger charge is 2.39. The third-order valence-electron chi connectivity index (χ3n) is 9.09. The number of rotatable bonds is 8. The number of amides is 2. The predicted octanol–water partition coefficient (Wildman–Crippen LogP) is 5.60. The number of nitrogens with one attached hydrogen (secondary N) is 1. The Hall–Kier alpha value is -2.78. The molecule has 0 bridgehead atoms. The van der Waals surface area contributed by atoms with Gasteiger partial charge in [0.05, 0.1) is 26.5 Å². The van der Waals surface area contributed by atoms with E-state index in [2.05, 4.69) is 5.32 Å². The minimum atomic E-state index is -0.160. The number of anilines is 3. The largest absolute Gasteiger partial charge is 0.497 e. The number of urea groups is 1. The second kappa shape index (κ2) is 11.0. The van der Waals surface area contributed by atoms with Gasteiger partial charge in [0.1, 0.15) is 22.3 Å². The van der Waals surface area contributed by atoms with E-state index in [1.165, 1.54) is 32.1 Å². The number of hydrogen-bond donors (Lipinski definition) is 2. The summed E-state index contributed by atoms with van der Waals surface area (Å²) in [5.41, 5.74) is 7.98. The van der Waals surface area contributed by atoms with Crippen LogP contribution < -0.4 is 30.3 Å². The van der Waals surface area contributed by atoms with Crippen molar-refractivity contribution in [3.8, 4) is 11.5 Å². The molecule has 3 atom stereocenters. The highest BCUT2D eigenvalue weighted by molar-refractivity contribution is 6.35. The standard InChI is InChI=1S/C29H39ClN6O3/c1-38-21-12-24(26(30)25(13-21)39-2)35-16-20-14-32-28(34-27(20)36(29(35)37)15-17-7-8-17)33-23-11-19(9-10-22(23)31)18-5-3-4-6-18/h12-14,17-19,22-23H,3-11,15-16,31H2,1-2H3,(H,32,33,34). The Morgan fingerprint density at radius 1 is 1.08 bits per heavy atom. The van der Waals surface area contributed by atoms with Gasteiger partial charge in [-0.15, -0.1) is 0 Å². The van der Waals surface area contributed by atoms with E-state index in [4.69, 9.17) is 36.8 Å². The van der Waals surface area contributed by atoms with E-state index in [9.17, 15) is 4.79 Å². The quantitative estimate of drug-likeness (QED) is 0.437. The van der Waals surface area contributed by atoms with E-state index in [1.54, 1.807) is 36.2 Å². The summed E-state index contributed by atoms with van der Waals surface area (Å²) >= 11 is 6.69. The fourth-order valence-electron chi connectivity index (χ4n) is 6.63. The molecule has 0 spiro atoms. The second-order valence-corrected chi connectivity index (χ2v) is 12.0. The molecule has 2 heterocycles. The van der Waals surface area contributed by atoms with Gasteiger partial charge in [-0.2, -0.15) is 4.98 Å². The van der Waals surface area contributed by atoms with E-state index in [-0.39, 0.29) is 18.1 Å². The number of aromatic nitrogens is 2. The van der Waals surface area contributed by atoms with Crippen molar-refractivity contribution in [3.63, 3.8) is 0 Å². The third kappa shape index (κ3) is 5.35. The van der Waals surface area contributed by atoms with Gasteiger partial charge in [0.15, 0.2) is 0 Å². The van der Waals surface area contributed by atoms with E-state index < -0.39 is 0 Å². The maximum atomic E-state index is 14.0. The molecule has 4 aliphatic rings. The van der Waals surface area contributed by atoms with Crippen LogP contribution in [0, 0.1) is 17.8 Å². The number of nitrogens with zero attached hydrogens (tertiary/aromatic N) is 4. The summed E-state index contributed by atoms with van der Waals surface area (Å²) in [6.07, 6.45) is 12.8. The van der Waals surface area contributed by atoms with Gasteiger partial charge in [-0.3, -0.25) is 9.80 Å². The monoisotopic (exact) mass is 554 g/mol. The Bertz CT molecular complexity index is 1220. The fraction of sp³-hybridized carbons (Fsp3) is 0.621. The summed E-state index contributed by atoms with van der Waals surface area (Å²) in [4.78, 5) is 27.0. The molecule has 10 heteroatoms. The van der Waals surface area contributed by atoms with Gasteiger partial charge in [-0.1, -0.05) is 37.3 Å². The van der Waals surface area contributed by atoms with Crippen molar-refractivity contribution >= 4 is 35.1 Å². The van der Waals surface area contributed by atoms with Crippen molar-refractivity contribution in [2.45, 2.75) is 76.4 Å². The molecule has 3 N–H and O–H groups in total. The number of benzene rings is 1. The molecule has 0 saturated heterocycles. The van der Waals surface area contributed by atoms with Crippen molar-refractivity contribution < 1.29 is 14.3 Å². The molecule has 3 unspecified atom stereocenters. The molecule has 1 aromatic heterocycles. The average Bonchev–Trinajstić information content (AvgIpc) is 3.60. The molecule has 3 aliphatic carbocycles. The number of methoxy groups -OCH3 is 2. The average molecular weight is 555 g/mol. The molecule has 3 saturated carbocycles. The number of fused-ring (bicyclic) bond motifs is 1. The molecule has 9 nitrogen and oxygen atoms in total. The van der Waals surface area contributed by atoms with Crippen LogP contribution in [0.3, 0.4) is 0 Å². The van der Waals surface area contributed by atoms with Crippen molar-refractivity contribution in [3.05, 3.63) is 28.9 Å². The van der Waals surface area contributed by atoms with Crippen LogP contribution in [-0.2, 0) is 6.54 Å². The van der Waals surface area contributed by atoms with Crippen LogP contribution in [0.1, 0.15) is 63.4 Å². The Kier molecular flexibility index (Phi) is 7.46. The first-order valence-corrected chi connectivity index (χ1v) is 14.7. The third-order valence-corrected chi connectivity index (χ3v) is 9.47. The zero-order valence-electron chi connectivity index (χ0n) is 22.9. The predicted molar refractivity (Wildman–Crippen MR) is 153 cm³/mol. The van der Waals surface area contributed by atoms with Crippen LogP contribution in [0.5, 0.6) is 11.5 Å². The van der Waals surface area contributed by atoms with Crippen molar-refractivity contribution in [1.29, 1.82) is 0 Å². The smallest absolute Gasteiger partial charge is 0.330 e. The highest BCUT2D eigenvalue weighted by Crippen LogP contribution is 2.43. The first-order chi connectivity index (χ1) is 18.9. The van der Waals surface area contributed by atoms with Crippen LogP contribution >= 0.6 is 11.6 Å². The molecule has 1 aliphatic heterocycles. The van der Waals surface area contributed by atoms with Gasteiger partial charge in [0.25, 0.3) is 0 Å². The lowest BCUT2D eigenvalue weighted by Crippen LogP contribution is -2.49. The molecule has 210 valence electrons. The lowest BCUT2D eigenvalue weighted by molar-refractivity contribution is 0.222. The Balaban J connectivity index is 1.28. The molecular weight excluding hydrogens is 516 g/mol. The van der Waals surface area contributed by atoms with Crippen LogP contribution in [0.4, 0.5) is 22.2 Å². The molecule has 2 aromatic rings. The number of hydrogen-bond acceptors (Lipinski definition) is 7. The number of carbonyl (C=O) groups excluding carboxylic acids is 1. The van der Waals surface area contributed by atoms with Crippen LogP contribution in [0.15, 0.2) is 18.3 Å². The fourth-order valence-corrected chi connectivity index (χ4v) is 6.92. The maximum absolute atomic E-state index is 14.0. The summed E-state index contributed by atoms with van der Waals surface area (Å²) in [7, 11) is 3.13. The molecule has 2 amide bonds. The number of nitrogens with two attached hydrogens (primary N) is 1. The molecule has 0 radical (unpaired) electrons. The number of carbonyl (C=O) groups is 1. The summed E-state index contributed by atoms with van der Waals surface area (Å²) in [5, 5.41) is 3.93. The topological polar surface area (TPSA) is 106 Å².